The third-order valence-corrected chi connectivity index (χ3v) is 6.27. The standard InChI is InChI=1S/C17H32N2/c1-19-13-5-2-6-16(19)14-18-15-7-11-17(12-8-15)9-3-4-10-17/h15-16,18H,2-14H2,1H3. The molecule has 0 amide bonds. The quantitative estimate of drug-likeness (QED) is 0.838. The zero-order chi connectivity index (χ0) is 13.1. The maximum absolute atomic E-state index is 3.89. The summed E-state index contributed by atoms with van der Waals surface area (Å²) in [5.74, 6) is 0. The Morgan fingerprint density at radius 2 is 1.68 bits per heavy atom. The molecule has 1 unspecified atom stereocenters. The lowest BCUT2D eigenvalue weighted by Crippen LogP contribution is -2.47. The molecule has 1 atom stereocenters. The predicted molar refractivity (Wildman–Crippen MR) is 81.4 cm³/mol. The van der Waals surface area contributed by atoms with Crippen molar-refractivity contribution in [1.29, 1.82) is 0 Å². The molecule has 1 heterocycles. The van der Waals surface area contributed by atoms with Crippen LogP contribution in [0.3, 0.4) is 0 Å². The average molecular weight is 264 g/mol. The van der Waals surface area contributed by atoms with Gasteiger partial charge < -0.3 is 10.2 Å². The van der Waals surface area contributed by atoms with E-state index in [0.717, 1.165) is 17.5 Å². The Morgan fingerprint density at radius 1 is 0.947 bits per heavy atom. The summed E-state index contributed by atoms with van der Waals surface area (Å²) in [5, 5.41) is 3.89. The van der Waals surface area contributed by atoms with Crippen molar-refractivity contribution in [3.8, 4) is 0 Å². The second-order valence-electron chi connectivity index (χ2n) is 7.52. The maximum atomic E-state index is 3.89. The molecule has 0 radical (unpaired) electrons. The summed E-state index contributed by atoms with van der Waals surface area (Å²) in [6.45, 7) is 2.54. The second-order valence-corrected chi connectivity index (χ2v) is 7.52. The molecule has 2 heteroatoms. The fourth-order valence-electron chi connectivity index (χ4n) is 4.76. The summed E-state index contributed by atoms with van der Waals surface area (Å²) >= 11 is 0. The first-order chi connectivity index (χ1) is 9.27. The number of hydrogen-bond acceptors (Lipinski definition) is 2. The Balaban J connectivity index is 1.40. The fourth-order valence-corrected chi connectivity index (χ4v) is 4.76. The number of likely N-dealkylation sites (N-methyl/N-ethyl adjacent to an activating group) is 1. The second kappa shape index (κ2) is 6.13. The minimum Gasteiger partial charge on any atom is -0.312 e. The molecule has 110 valence electrons. The SMILES string of the molecule is CN1CCCCC1CNC1CCC2(CCCC2)CC1. The third-order valence-electron chi connectivity index (χ3n) is 6.27. The molecule has 1 spiro atoms. The van der Waals surface area contributed by atoms with Crippen molar-refractivity contribution in [3.05, 3.63) is 0 Å². The Bertz CT molecular complexity index is 273. The molecule has 19 heavy (non-hydrogen) atoms. The summed E-state index contributed by atoms with van der Waals surface area (Å²) in [4.78, 5) is 2.57. The van der Waals surface area contributed by atoms with Gasteiger partial charge in [0.1, 0.15) is 0 Å². The van der Waals surface area contributed by atoms with E-state index < -0.39 is 0 Å². The van der Waals surface area contributed by atoms with E-state index in [1.807, 2.05) is 0 Å². The van der Waals surface area contributed by atoms with Crippen LogP contribution in [-0.4, -0.2) is 37.1 Å². The van der Waals surface area contributed by atoms with Crippen molar-refractivity contribution >= 4 is 0 Å². The zero-order valence-corrected chi connectivity index (χ0v) is 12.8. The predicted octanol–water partition coefficient (Wildman–Crippen LogP) is 3.56. The highest BCUT2D eigenvalue weighted by Crippen LogP contribution is 2.48. The van der Waals surface area contributed by atoms with Crippen molar-refractivity contribution in [2.45, 2.75) is 82.7 Å². The number of nitrogens with one attached hydrogen (secondary N) is 1. The molecule has 0 aromatic heterocycles. The smallest absolute Gasteiger partial charge is 0.0217 e. The molecule has 3 fully saturated rings. The minimum absolute atomic E-state index is 0.791. The van der Waals surface area contributed by atoms with Gasteiger partial charge in [-0.1, -0.05) is 19.3 Å². The molecule has 3 aliphatic rings. The van der Waals surface area contributed by atoms with Crippen LogP contribution in [0.5, 0.6) is 0 Å². The highest BCUT2D eigenvalue weighted by atomic mass is 15.2. The van der Waals surface area contributed by atoms with E-state index in [9.17, 15) is 0 Å². The van der Waals surface area contributed by atoms with Gasteiger partial charge in [-0.05, 0) is 70.4 Å². The van der Waals surface area contributed by atoms with Crippen molar-refractivity contribution in [2.75, 3.05) is 20.1 Å². The number of hydrogen-bond donors (Lipinski definition) is 1. The van der Waals surface area contributed by atoms with Crippen LogP contribution < -0.4 is 5.32 Å². The Kier molecular flexibility index (Phi) is 4.48. The van der Waals surface area contributed by atoms with E-state index in [4.69, 9.17) is 0 Å². The fraction of sp³-hybridized carbons (Fsp3) is 1.00. The Hall–Kier alpha value is -0.0800. The van der Waals surface area contributed by atoms with Crippen LogP contribution in [0.4, 0.5) is 0 Å². The first-order valence-corrected chi connectivity index (χ1v) is 8.71. The van der Waals surface area contributed by atoms with E-state index in [1.165, 1.54) is 83.7 Å². The number of likely N-dealkylation sites (tertiary alicyclic amines) is 1. The van der Waals surface area contributed by atoms with Gasteiger partial charge in [-0.25, -0.2) is 0 Å². The van der Waals surface area contributed by atoms with E-state index in [-0.39, 0.29) is 0 Å². The topological polar surface area (TPSA) is 15.3 Å². The first-order valence-electron chi connectivity index (χ1n) is 8.71. The Labute approximate surface area is 119 Å². The van der Waals surface area contributed by atoms with Gasteiger partial charge in [-0.2, -0.15) is 0 Å². The molecule has 2 nitrogen and oxygen atoms in total. The summed E-state index contributed by atoms with van der Waals surface area (Å²) in [6.07, 6.45) is 16.2. The van der Waals surface area contributed by atoms with Gasteiger partial charge in [-0.3, -0.25) is 0 Å². The van der Waals surface area contributed by atoms with Gasteiger partial charge in [0.05, 0.1) is 0 Å². The molecule has 3 rings (SSSR count). The molecular weight excluding hydrogens is 232 g/mol. The molecule has 0 aromatic carbocycles. The van der Waals surface area contributed by atoms with Crippen molar-refractivity contribution in [1.82, 2.24) is 10.2 Å². The normalized spacial score (nSPS) is 33.0. The summed E-state index contributed by atoms with van der Waals surface area (Å²) in [7, 11) is 2.31. The Morgan fingerprint density at radius 3 is 2.37 bits per heavy atom. The van der Waals surface area contributed by atoms with Crippen molar-refractivity contribution < 1.29 is 0 Å². The van der Waals surface area contributed by atoms with E-state index >= 15 is 0 Å². The minimum atomic E-state index is 0.791. The van der Waals surface area contributed by atoms with E-state index in [0.29, 0.717) is 0 Å². The van der Waals surface area contributed by atoms with Gasteiger partial charge in [0.15, 0.2) is 0 Å². The summed E-state index contributed by atoms with van der Waals surface area (Å²) in [5.41, 5.74) is 0.791. The largest absolute Gasteiger partial charge is 0.312 e. The summed E-state index contributed by atoms with van der Waals surface area (Å²) < 4.78 is 0. The van der Waals surface area contributed by atoms with Crippen LogP contribution in [0.25, 0.3) is 0 Å². The van der Waals surface area contributed by atoms with Crippen molar-refractivity contribution in [2.24, 2.45) is 5.41 Å². The maximum Gasteiger partial charge on any atom is 0.0217 e. The van der Waals surface area contributed by atoms with Gasteiger partial charge in [0.25, 0.3) is 0 Å². The monoisotopic (exact) mass is 264 g/mol. The first kappa shape index (κ1) is 13.9. The van der Waals surface area contributed by atoms with Crippen molar-refractivity contribution in [3.63, 3.8) is 0 Å². The molecule has 2 aliphatic carbocycles. The average Bonchev–Trinajstić information content (AvgIpc) is 2.88. The summed E-state index contributed by atoms with van der Waals surface area (Å²) in [6, 6.07) is 1.62. The third kappa shape index (κ3) is 3.33. The lowest BCUT2D eigenvalue weighted by molar-refractivity contribution is 0.147. The van der Waals surface area contributed by atoms with Crippen LogP contribution in [0.1, 0.15) is 70.6 Å². The number of nitrogens with zero attached hydrogens (tertiary/aromatic N) is 1. The van der Waals surface area contributed by atoms with Crippen LogP contribution in [0.2, 0.25) is 0 Å². The molecule has 1 saturated heterocycles. The lowest BCUT2D eigenvalue weighted by atomic mass is 9.71. The van der Waals surface area contributed by atoms with Gasteiger partial charge in [0, 0.05) is 18.6 Å². The molecule has 0 aromatic rings. The molecule has 1 N–H and O–H groups in total. The van der Waals surface area contributed by atoms with Crippen LogP contribution in [0, 0.1) is 5.41 Å². The molecule has 1 aliphatic heterocycles. The van der Waals surface area contributed by atoms with Crippen LogP contribution in [0.15, 0.2) is 0 Å². The van der Waals surface area contributed by atoms with Gasteiger partial charge in [0.2, 0.25) is 0 Å². The van der Waals surface area contributed by atoms with Gasteiger partial charge in [-0.15, -0.1) is 0 Å². The van der Waals surface area contributed by atoms with Crippen LogP contribution >= 0.6 is 0 Å². The lowest BCUT2D eigenvalue weighted by Gasteiger charge is -2.39. The molecule has 0 bridgehead atoms. The zero-order valence-electron chi connectivity index (χ0n) is 12.8. The molecule has 2 saturated carbocycles. The van der Waals surface area contributed by atoms with Gasteiger partial charge >= 0.3 is 0 Å². The number of rotatable bonds is 3. The highest BCUT2D eigenvalue weighted by molar-refractivity contribution is 4.91. The van der Waals surface area contributed by atoms with E-state index in [2.05, 4.69) is 17.3 Å². The van der Waals surface area contributed by atoms with Crippen LogP contribution in [-0.2, 0) is 0 Å². The highest BCUT2D eigenvalue weighted by Gasteiger charge is 2.37. The van der Waals surface area contributed by atoms with E-state index in [1.54, 1.807) is 0 Å². The number of piperidine rings is 1. The molecular formula is C17H32N2.